The summed E-state index contributed by atoms with van der Waals surface area (Å²) in [5, 5.41) is 3.29. The van der Waals surface area contributed by atoms with E-state index in [0.29, 0.717) is 12.6 Å². The smallest absolute Gasteiger partial charge is 0.234 e. The Bertz CT molecular complexity index is 611. The largest absolute Gasteiger partial charge is 0.487 e. The van der Waals surface area contributed by atoms with Gasteiger partial charge in [-0.1, -0.05) is 18.2 Å². The number of nitrogens with one attached hydrogen (secondary N) is 1. The zero-order chi connectivity index (χ0) is 16.6. The molecule has 1 aromatic rings. The molecule has 2 heterocycles. The highest BCUT2D eigenvalue weighted by atomic mass is 32.2. The van der Waals surface area contributed by atoms with Crippen molar-refractivity contribution in [1.82, 2.24) is 10.2 Å². The third-order valence-electron chi connectivity index (χ3n) is 5.72. The van der Waals surface area contributed by atoms with Gasteiger partial charge in [0.2, 0.25) is 5.91 Å². The summed E-state index contributed by atoms with van der Waals surface area (Å²) in [4.78, 5) is 14.8. The summed E-state index contributed by atoms with van der Waals surface area (Å²) in [7, 11) is 2.07. The van der Waals surface area contributed by atoms with E-state index in [4.69, 9.17) is 4.74 Å². The highest BCUT2D eigenvalue weighted by molar-refractivity contribution is 7.99. The van der Waals surface area contributed by atoms with E-state index in [9.17, 15) is 4.79 Å². The van der Waals surface area contributed by atoms with Crippen LogP contribution < -0.4 is 10.1 Å². The predicted octanol–water partition coefficient (Wildman–Crippen LogP) is 2.99. The number of likely N-dealkylation sites (N-methyl/N-ethyl adjacent to an activating group) is 1. The first kappa shape index (κ1) is 16.3. The van der Waals surface area contributed by atoms with E-state index in [0.717, 1.165) is 36.3 Å². The van der Waals surface area contributed by atoms with Crippen molar-refractivity contribution in [3.63, 3.8) is 0 Å². The van der Waals surface area contributed by atoms with Crippen LogP contribution in [0.3, 0.4) is 0 Å². The van der Waals surface area contributed by atoms with Crippen LogP contribution in [-0.4, -0.2) is 47.5 Å². The molecular formula is C19H26N2O2S. The zero-order valence-corrected chi connectivity index (χ0v) is 15.1. The number of thioether (sulfide) groups is 1. The Balaban J connectivity index is 1.43. The molecule has 1 N–H and O–H groups in total. The van der Waals surface area contributed by atoms with Gasteiger partial charge in [0.1, 0.15) is 11.4 Å². The first-order valence-electron chi connectivity index (χ1n) is 9.01. The van der Waals surface area contributed by atoms with Gasteiger partial charge >= 0.3 is 0 Å². The van der Waals surface area contributed by atoms with E-state index in [-0.39, 0.29) is 17.6 Å². The number of hydrogen-bond acceptors (Lipinski definition) is 4. The average molecular weight is 346 g/mol. The molecule has 2 unspecified atom stereocenters. The van der Waals surface area contributed by atoms with Gasteiger partial charge in [0.25, 0.3) is 0 Å². The molecule has 1 spiro atoms. The van der Waals surface area contributed by atoms with Crippen LogP contribution in [0.4, 0.5) is 0 Å². The Morgan fingerprint density at radius 1 is 1.42 bits per heavy atom. The molecule has 4 rings (SSSR count). The van der Waals surface area contributed by atoms with E-state index in [2.05, 4.69) is 23.3 Å². The molecule has 0 radical (unpaired) electrons. The van der Waals surface area contributed by atoms with Crippen molar-refractivity contribution < 1.29 is 9.53 Å². The fourth-order valence-corrected chi connectivity index (χ4v) is 5.39. The second-order valence-corrected chi connectivity index (χ2v) is 8.58. The number of nitrogens with zero attached hydrogens (tertiary/aromatic N) is 1. The van der Waals surface area contributed by atoms with Gasteiger partial charge in [-0.25, -0.2) is 0 Å². The third-order valence-corrected chi connectivity index (χ3v) is 6.86. The molecule has 5 heteroatoms. The van der Waals surface area contributed by atoms with Crippen molar-refractivity contribution in [3.8, 4) is 5.75 Å². The second kappa shape index (κ2) is 6.60. The summed E-state index contributed by atoms with van der Waals surface area (Å²) < 4.78 is 6.27. The molecule has 0 bridgehead atoms. The SMILES string of the molecule is CN(CC(=O)NC1CC2(CCC2)Oc2ccccc21)C1CCSC1. The second-order valence-electron chi connectivity index (χ2n) is 7.43. The number of para-hydroxylation sites is 1. The molecule has 2 atom stereocenters. The van der Waals surface area contributed by atoms with Crippen molar-refractivity contribution in [2.45, 2.75) is 49.8 Å². The molecule has 1 aromatic carbocycles. The molecule has 4 nitrogen and oxygen atoms in total. The number of carbonyl (C=O) groups excluding carboxylic acids is 1. The highest BCUT2D eigenvalue weighted by Gasteiger charge is 2.45. The maximum absolute atomic E-state index is 12.6. The molecule has 0 aromatic heterocycles. The van der Waals surface area contributed by atoms with Crippen LogP contribution in [-0.2, 0) is 4.79 Å². The van der Waals surface area contributed by atoms with Crippen LogP contribution >= 0.6 is 11.8 Å². The molecule has 1 saturated carbocycles. The number of rotatable bonds is 4. The van der Waals surface area contributed by atoms with Crippen LogP contribution in [0.1, 0.15) is 43.7 Å². The van der Waals surface area contributed by atoms with Crippen LogP contribution in [0.25, 0.3) is 0 Å². The monoisotopic (exact) mass is 346 g/mol. The maximum Gasteiger partial charge on any atom is 0.234 e. The fraction of sp³-hybridized carbons (Fsp3) is 0.632. The summed E-state index contributed by atoms with van der Waals surface area (Å²) in [6, 6.07) is 8.79. The molecule has 130 valence electrons. The topological polar surface area (TPSA) is 41.6 Å². The predicted molar refractivity (Wildman–Crippen MR) is 97.5 cm³/mol. The van der Waals surface area contributed by atoms with Crippen molar-refractivity contribution in [2.75, 3.05) is 25.1 Å². The quantitative estimate of drug-likeness (QED) is 0.910. The van der Waals surface area contributed by atoms with Crippen molar-refractivity contribution >= 4 is 17.7 Å². The van der Waals surface area contributed by atoms with Gasteiger partial charge in [0, 0.05) is 23.8 Å². The minimum Gasteiger partial charge on any atom is -0.487 e. The van der Waals surface area contributed by atoms with Crippen molar-refractivity contribution in [3.05, 3.63) is 29.8 Å². The van der Waals surface area contributed by atoms with Gasteiger partial charge in [-0.2, -0.15) is 11.8 Å². The van der Waals surface area contributed by atoms with Gasteiger partial charge in [-0.3, -0.25) is 9.69 Å². The van der Waals surface area contributed by atoms with E-state index < -0.39 is 0 Å². The molecule has 1 saturated heterocycles. The summed E-state index contributed by atoms with van der Waals surface area (Å²) >= 11 is 1.98. The van der Waals surface area contributed by atoms with E-state index >= 15 is 0 Å². The number of benzene rings is 1. The highest BCUT2D eigenvalue weighted by Crippen LogP contribution is 2.48. The summed E-state index contributed by atoms with van der Waals surface area (Å²) in [5.41, 5.74) is 1.09. The summed E-state index contributed by atoms with van der Waals surface area (Å²) in [5.74, 6) is 3.44. The Morgan fingerprint density at radius 3 is 2.96 bits per heavy atom. The Labute approximate surface area is 148 Å². The van der Waals surface area contributed by atoms with Crippen LogP contribution in [0.15, 0.2) is 24.3 Å². The molecule has 3 aliphatic rings. The Kier molecular flexibility index (Phi) is 4.48. The number of carbonyl (C=O) groups is 1. The lowest BCUT2D eigenvalue weighted by molar-refractivity contribution is -0.124. The first-order valence-corrected chi connectivity index (χ1v) is 10.2. The standard InChI is InChI=1S/C19H26N2O2S/c1-21(14-7-10-24-13-14)12-18(22)20-16-11-19(8-4-9-19)23-17-6-3-2-5-15(16)17/h2-3,5-6,14,16H,4,7-13H2,1H3,(H,20,22). The lowest BCUT2D eigenvalue weighted by Crippen LogP contribution is -2.50. The molecule has 1 amide bonds. The van der Waals surface area contributed by atoms with Gasteiger partial charge in [-0.05, 0) is 44.6 Å². The Hall–Kier alpha value is -1.20. The lowest BCUT2D eigenvalue weighted by atomic mass is 9.73. The molecule has 1 aliphatic carbocycles. The normalized spacial score (nSPS) is 27.4. The minimum absolute atomic E-state index is 0.0414. The molecule has 24 heavy (non-hydrogen) atoms. The Morgan fingerprint density at radius 2 is 2.25 bits per heavy atom. The zero-order valence-electron chi connectivity index (χ0n) is 14.3. The van der Waals surface area contributed by atoms with Gasteiger partial charge in [0.15, 0.2) is 0 Å². The number of ether oxygens (including phenoxy) is 1. The molecular weight excluding hydrogens is 320 g/mol. The van der Waals surface area contributed by atoms with Gasteiger partial charge in [-0.15, -0.1) is 0 Å². The van der Waals surface area contributed by atoms with Crippen molar-refractivity contribution in [1.29, 1.82) is 0 Å². The molecule has 2 fully saturated rings. The first-order chi connectivity index (χ1) is 11.7. The summed E-state index contributed by atoms with van der Waals surface area (Å²) in [6.45, 7) is 0.484. The van der Waals surface area contributed by atoms with Crippen LogP contribution in [0, 0.1) is 0 Å². The van der Waals surface area contributed by atoms with E-state index in [1.807, 2.05) is 30.0 Å². The maximum atomic E-state index is 12.6. The van der Waals surface area contributed by atoms with Crippen LogP contribution in [0.2, 0.25) is 0 Å². The van der Waals surface area contributed by atoms with Gasteiger partial charge in [0.05, 0.1) is 12.6 Å². The van der Waals surface area contributed by atoms with Gasteiger partial charge < -0.3 is 10.1 Å². The lowest BCUT2D eigenvalue weighted by Gasteiger charge is -2.48. The average Bonchev–Trinajstić information content (AvgIpc) is 3.07. The third kappa shape index (κ3) is 3.16. The van der Waals surface area contributed by atoms with E-state index in [1.54, 1.807) is 0 Å². The number of fused-ring (bicyclic) bond motifs is 1. The van der Waals surface area contributed by atoms with E-state index in [1.165, 1.54) is 18.6 Å². The fourth-order valence-electron chi connectivity index (χ4n) is 4.09. The summed E-state index contributed by atoms with van der Waals surface area (Å²) in [6.07, 6.45) is 5.53. The molecule has 2 aliphatic heterocycles. The minimum atomic E-state index is -0.0414. The van der Waals surface area contributed by atoms with Crippen molar-refractivity contribution in [2.24, 2.45) is 0 Å². The number of hydrogen-bond donors (Lipinski definition) is 1. The van der Waals surface area contributed by atoms with Crippen LogP contribution in [0.5, 0.6) is 5.75 Å². The number of amides is 1.